The second kappa shape index (κ2) is 6.71. The third kappa shape index (κ3) is 2.90. The fraction of sp³-hybridized carbons (Fsp3) is 0.188. The SMILES string of the molecule is COc1cc(C(=O)O)c(Nc2ccccc2)c(OC)c1OC. The van der Waals surface area contributed by atoms with E-state index >= 15 is 0 Å². The van der Waals surface area contributed by atoms with Crippen molar-refractivity contribution in [3.8, 4) is 17.2 Å². The van der Waals surface area contributed by atoms with Crippen molar-refractivity contribution in [2.24, 2.45) is 0 Å². The minimum absolute atomic E-state index is 0.0263. The highest BCUT2D eigenvalue weighted by atomic mass is 16.5. The summed E-state index contributed by atoms with van der Waals surface area (Å²) < 4.78 is 15.8. The Kier molecular flexibility index (Phi) is 4.73. The Morgan fingerprint density at radius 3 is 2.14 bits per heavy atom. The van der Waals surface area contributed by atoms with Crippen LogP contribution in [0.1, 0.15) is 10.4 Å². The Balaban J connectivity index is 2.65. The first-order valence-corrected chi connectivity index (χ1v) is 6.50. The van der Waals surface area contributed by atoms with Crippen LogP contribution in [0.25, 0.3) is 0 Å². The lowest BCUT2D eigenvalue weighted by molar-refractivity contribution is 0.0697. The van der Waals surface area contributed by atoms with Crippen molar-refractivity contribution in [3.05, 3.63) is 42.0 Å². The first-order valence-electron chi connectivity index (χ1n) is 6.50. The molecule has 0 saturated carbocycles. The van der Waals surface area contributed by atoms with Crippen molar-refractivity contribution in [1.82, 2.24) is 0 Å². The predicted molar refractivity (Wildman–Crippen MR) is 82.8 cm³/mol. The van der Waals surface area contributed by atoms with Crippen LogP contribution in [0.5, 0.6) is 17.2 Å². The third-order valence-corrected chi connectivity index (χ3v) is 3.10. The van der Waals surface area contributed by atoms with Crippen LogP contribution in [0.15, 0.2) is 36.4 Å². The van der Waals surface area contributed by atoms with Gasteiger partial charge in [0.2, 0.25) is 5.75 Å². The fourth-order valence-corrected chi connectivity index (χ4v) is 2.11. The molecule has 6 heteroatoms. The zero-order valence-electron chi connectivity index (χ0n) is 12.5. The van der Waals surface area contributed by atoms with Gasteiger partial charge in [-0.2, -0.15) is 0 Å². The Morgan fingerprint density at radius 2 is 1.64 bits per heavy atom. The molecule has 0 atom stereocenters. The molecule has 0 heterocycles. The summed E-state index contributed by atoms with van der Waals surface area (Å²) in [5.74, 6) is -0.218. The predicted octanol–water partition coefficient (Wildman–Crippen LogP) is 3.15. The number of ether oxygens (including phenoxy) is 3. The molecule has 2 N–H and O–H groups in total. The van der Waals surface area contributed by atoms with Crippen LogP contribution in [0, 0.1) is 0 Å². The maximum absolute atomic E-state index is 11.6. The van der Waals surface area contributed by atoms with Gasteiger partial charge in [-0.25, -0.2) is 4.79 Å². The molecular weight excluding hydrogens is 286 g/mol. The molecule has 0 saturated heterocycles. The van der Waals surface area contributed by atoms with Gasteiger partial charge in [-0.3, -0.25) is 0 Å². The molecule has 0 spiro atoms. The molecule has 0 aliphatic rings. The zero-order valence-corrected chi connectivity index (χ0v) is 12.5. The normalized spacial score (nSPS) is 9.95. The monoisotopic (exact) mass is 303 g/mol. The number of nitrogens with one attached hydrogen (secondary N) is 1. The molecule has 0 radical (unpaired) electrons. The molecule has 0 bridgehead atoms. The minimum atomic E-state index is -1.10. The Labute approximate surface area is 128 Å². The summed E-state index contributed by atoms with van der Waals surface area (Å²) in [7, 11) is 4.35. The zero-order chi connectivity index (χ0) is 16.1. The molecule has 0 unspecified atom stereocenters. The van der Waals surface area contributed by atoms with Crippen LogP contribution in [0.3, 0.4) is 0 Å². The standard InChI is InChI=1S/C16H17NO5/c1-20-12-9-11(16(18)19)13(15(22-3)14(12)21-2)17-10-7-5-4-6-8-10/h4-9,17H,1-3H3,(H,18,19). The lowest BCUT2D eigenvalue weighted by Gasteiger charge is -2.19. The molecule has 0 aliphatic heterocycles. The Hall–Kier alpha value is -2.89. The fourth-order valence-electron chi connectivity index (χ4n) is 2.11. The van der Waals surface area contributed by atoms with Gasteiger partial charge >= 0.3 is 5.97 Å². The number of anilines is 2. The molecular formula is C16H17NO5. The van der Waals surface area contributed by atoms with Gasteiger partial charge in [0.1, 0.15) is 5.69 Å². The second-order valence-corrected chi connectivity index (χ2v) is 4.36. The molecule has 6 nitrogen and oxygen atoms in total. The average Bonchev–Trinajstić information content (AvgIpc) is 2.54. The summed E-state index contributed by atoms with van der Waals surface area (Å²) in [6, 6.07) is 10.6. The van der Waals surface area contributed by atoms with E-state index in [-0.39, 0.29) is 17.1 Å². The molecule has 2 rings (SSSR count). The van der Waals surface area contributed by atoms with Crippen molar-refractivity contribution in [1.29, 1.82) is 0 Å². The number of carbonyl (C=O) groups is 1. The molecule has 0 amide bonds. The van der Waals surface area contributed by atoms with Gasteiger partial charge in [0.05, 0.1) is 26.9 Å². The number of hydrogen-bond acceptors (Lipinski definition) is 5. The summed E-state index contributed by atoms with van der Waals surface area (Å²) in [5.41, 5.74) is 1.06. The van der Waals surface area contributed by atoms with Crippen molar-refractivity contribution in [2.75, 3.05) is 26.6 Å². The Bertz CT molecular complexity index is 670. The van der Waals surface area contributed by atoms with E-state index in [1.807, 2.05) is 30.3 Å². The van der Waals surface area contributed by atoms with E-state index in [9.17, 15) is 9.90 Å². The van der Waals surface area contributed by atoms with Crippen LogP contribution in [0.4, 0.5) is 11.4 Å². The molecule has 0 fully saturated rings. The maximum Gasteiger partial charge on any atom is 0.338 e. The van der Waals surface area contributed by atoms with Crippen LogP contribution >= 0.6 is 0 Å². The van der Waals surface area contributed by atoms with E-state index in [0.29, 0.717) is 11.4 Å². The topological polar surface area (TPSA) is 77.0 Å². The Morgan fingerprint density at radius 1 is 1.00 bits per heavy atom. The van der Waals surface area contributed by atoms with Crippen molar-refractivity contribution >= 4 is 17.3 Å². The molecule has 116 valence electrons. The number of hydrogen-bond donors (Lipinski definition) is 2. The van der Waals surface area contributed by atoms with Crippen molar-refractivity contribution in [3.63, 3.8) is 0 Å². The molecule has 2 aromatic rings. The third-order valence-electron chi connectivity index (χ3n) is 3.10. The first kappa shape index (κ1) is 15.5. The summed E-state index contributed by atoms with van der Waals surface area (Å²) in [4.78, 5) is 11.6. The van der Waals surface area contributed by atoms with Gasteiger partial charge in [-0.1, -0.05) is 18.2 Å². The number of rotatable bonds is 6. The van der Waals surface area contributed by atoms with Crippen LogP contribution in [-0.2, 0) is 0 Å². The number of methoxy groups -OCH3 is 3. The molecule has 0 aliphatic carbocycles. The molecule has 0 aromatic heterocycles. The lowest BCUT2D eigenvalue weighted by atomic mass is 10.1. The van der Waals surface area contributed by atoms with Crippen molar-refractivity contribution < 1.29 is 24.1 Å². The summed E-state index contributed by atoms with van der Waals surface area (Å²) in [6.45, 7) is 0. The van der Waals surface area contributed by atoms with E-state index < -0.39 is 5.97 Å². The number of aromatic carboxylic acids is 1. The highest BCUT2D eigenvalue weighted by Gasteiger charge is 2.24. The highest BCUT2D eigenvalue weighted by Crippen LogP contribution is 2.46. The number of benzene rings is 2. The number of carboxylic acid groups (broad SMARTS) is 1. The summed E-state index contributed by atoms with van der Waals surface area (Å²) >= 11 is 0. The van der Waals surface area contributed by atoms with Crippen molar-refractivity contribution in [2.45, 2.75) is 0 Å². The molecule has 2 aromatic carbocycles. The maximum atomic E-state index is 11.6. The van der Waals surface area contributed by atoms with Crippen LogP contribution < -0.4 is 19.5 Å². The highest BCUT2D eigenvalue weighted by molar-refractivity contribution is 5.99. The van der Waals surface area contributed by atoms with Gasteiger partial charge in [0, 0.05) is 11.8 Å². The van der Waals surface area contributed by atoms with E-state index in [4.69, 9.17) is 14.2 Å². The largest absolute Gasteiger partial charge is 0.493 e. The van der Waals surface area contributed by atoms with E-state index in [1.54, 1.807) is 0 Å². The average molecular weight is 303 g/mol. The van der Waals surface area contributed by atoms with Gasteiger partial charge in [-0.15, -0.1) is 0 Å². The first-order chi connectivity index (χ1) is 10.6. The van der Waals surface area contributed by atoms with E-state index in [2.05, 4.69) is 5.32 Å². The van der Waals surface area contributed by atoms with Crippen LogP contribution in [0.2, 0.25) is 0 Å². The number of para-hydroxylation sites is 1. The van der Waals surface area contributed by atoms with E-state index in [1.165, 1.54) is 27.4 Å². The van der Waals surface area contributed by atoms with Crippen LogP contribution in [-0.4, -0.2) is 32.4 Å². The second-order valence-electron chi connectivity index (χ2n) is 4.36. The smallest absolute Gasteiger partial charge is 0.338 e. The quantitative estimate of drug-likeness (QED) is 0.853. The van der Waals surface area contributed by atoms with Gasteiger partial charge < -0.3 is 24.6 Å². The number of carboxylic acids is 1. The van der Waals surface area contributed by atoms with Gasteiger partial charge in [-0.05, 0) is 12.1 Å². The summed E-state index contributed by atoms with van der Waals surface area (Å²) in [6.07, 6.45) is 0. The molecule has 22 heavy (non-hydrogen) atoms. The van der Waals surface area contributed by atoms with E-state index in [0.717, 1.165) is 5.69 Å². The minimum Gasteiger partial charge on any atom is -0.493 e. The van der Waals surface area contributed by atoms with Gasteiger partial charge in [0.15, 0.2) is 11.5 Å². The summed E-state index contributed by atoms with van der Waals surface area (Å²) in [5, 5.41) is 12.5. The van der Waals surface area contributed by atoms with Gasteiger partial charge in [0.25, 0.3) is 0 Å². The lowest BCUT2D eigenvalue weighted by Crippen LogP contribution is -2.07.